The molecule has 0 aromatic heterocycles. The molecule has 2 amide bonds. The second-order valence-electron chi connectivity index (χ2n) is 8.85. The van der Waals surface area contributed by atoms with Crippen LogP contribution in [0.3, 0.4) is 0 Å². The number of hydrogen-bond acceptors (Lipinski definition) is 5. The third-order valence-electron chi connectivity index (χ3n) is 6.58. The summed E-state index contributed by atoms with van der Waals surface area (Å²) in [4.78, 5) is 38.5. The molecule has 2 atom stereocenters. The molecule has 8 heteroatoms. The Hall–Kier alpha value is -3.39. The van der Waals surface area contributed by atoms with Gasteiger partial charge in [0.15, 0.2) is 0 Å². The molecule has 2 N–H and O–H groups in total. The van der Waals surface area contributed by atoms with Crippen LogP contribution >= 0.6 is 0 Å². The third kappa shape index (κ3) is 5.22. The first-order valence-corrected chi connectivity index (χ1v) is 11.6. The van der Waals surface area contributed by atoms with E-state index in [2.05, 4.69) is 17.4 Å². The molecule has 0 bridgehead atoms. The van der Waals surface area contributed by atoms with E-state index in [1.807, 2.05) is 36.4 Å². The lowest BCUT2D eigenvalue weighted by atomic mass is 9.98. The van der Waals surface area contributed by atoms with E-state index in [4.69, 9.17) is 14.6 Å². The van der Waals surface area contributed by atoms with Crippen LogP contribution in [0.1, 0.15) is 36.3 Å². The summed E-state index contributed by atoms with van der Waals surface area (Å²) in [6, 6.07) is 15.1. The number of alkyl carbamates (subject to hydrolysis) is 1. The average molecular weight is 467 g/mol. The second kappa shape index (κ2) is 10.7. The Balaban J connectivity index is 1.40. The highest BCUT2D eigenvalue weighted by atomic mass is 16.5. The van der Waals surface area contributed by atoms with Crippen LogP contribution in [0.15, 0.2) is 48.5 Å². The van der Waals surface area contributed by atoms with Gasteiger partial charge in [-0.05, 0) is 35.1 Å². The van der Waals surface area contributed by atoms with Gasteiger partial charge in [0, 0.05) is 38.5 Å². The number of fused-ring (bicyclic) bond motifs is 3. The van der Waals surface area contributed by atoms with Gasteiger partial charge in [-0.2, -0.15) is 0 Å². The van der Waals surface area contributed by atoms with E-state index in [-0.39, 0.29) is 37.2 Å². The van der Waals surface area contributed by atoms with Crippen LogP contribution in [-0.2, 0) is 19.1 Å². The first-order chi connectivity index (χ1) is 16.5. The molecule has 2 aromatic rings. The molecule has 34 heavy (non-hydrogen) atoms. The molecule has 1 fully saturated rings. The van der Waals surface area contributed by atoms with Gasteiger partial charge < -0.3 is 24.8 Å². The van der Waals surface area contributed by atoms with E-state index in [0.717, 1.165) is 28.7 Å². The number of carboxylic acids is 1. The van der Waals surface area contributed by atoms with Crippen molar-refractivity contribution < 1.29 is 29.0 Å². The van der Waals surface area contributed by atoms with Crippen LogP contribution in [0.25, 0.3) is 11.1 Å². The Bertz CT molecular complexity index is 1010. The maximum Gasteiger partial charge on any atom is 0.407 e. The van der Waals surface area contributed by atoms with E-state index in [9.17, 15) is 14.4 Å². The van der Waals surface area contributed by atoms with Gasteiger partial charge in [-0.3, -0.25) is 9.59 Å². The molecular weight excluding hydrogens is 436 g/mol. The first-order valence-electron chi connectivity index (χ1n) is 11.6. The van der Waals surface area contributed by atoms with Crippen LogP contribution in [0, 0.1) is 5.92 Å². The minimum Gasteiger partial charge on any atom is -0.481 e. The highest BCUT2D eigenvalue weighted by molar-refractivity contribution is 5.86. The average Bonchev–Trinajstić information content (AvgIpc) is 3.43. The second-order valence-corrected chi connectivity index (χ2v) is 8.85. The summed E-state index contributed by atoms with van der Waals surface area (Å²) >= 11 is 0. The number of benzene rings is 2. The van der Waals surface area contributed by atoms with Gasteiger partial charge >= 0.3 is 12.1 Å². The van der Waals surface area contributed by atoms with Crippen molar-refractivity contribution in [3.63, 3.8) is 0 Å². The van der Waals surface area contributed by atoms with E-state index in [1.165, 1.54) is 0 Å². The van der Waals surface area contributed by atoms with Crippen molar-refractivity contribution in [3.8, 4) is 11.1 Å². The van der Waals surface area contributed by atoms with E-state index < -0.39 is 18.1 Å². The molecule has 4 rings (SSSR count). The number of likely N-dealkylation sites (tertiary alicyclic amines) is 1. The quantitative estimate of drug-likeness (QED) is 0.588. The minimum atomic E-state index is -1.02. The van der Waals surface area contributed by atoms with Crippen molar-refractivity contribution in [1.29, 1.82) is 0 Å². The topological polar surface area (TPSA) is 105 Å². The summed E-state index contributed by atoms with van der Waals surface area (Å²) in [5.41, 5.74) is 4.44. The number of carbonyl (C=O) groups is 3. The Morgan fingerprint density at radius 3 is 2.32 bits per heavy atom. The highest BCUT2D eigenvalue weighted by Gasteiger charge is 2.33. The lowest BCUT2D eigenvalue weighted by molar-refractivity contribution is -0.137. The van der Waals surface area contributed by atoms with Gasteiger partial charge in [0.05, 0.1) is 6.61 Å². The number of carboxylic acid groups (broad SMARTS) is 1. The summed E-state index contributed by atoms with van der Waals surface area (Å²) in [6.07, 6.45) is -0.131. The highest BCUT2D eigenvalue weighted by Crippen LogP contribution is 2.44. The van der Waals surface area contributed by atoms with Crippen molar-refractivity contribution >= 4 is 18.0 Å². The van der Waals surface area contributed by atoms with Crippen molar-refractivity contribution in [2.75, 3.05) is 33.4 Å². The first kappa shape index (κ1) is 23.8. The maximum atomic E-state index is 13.1. The van der Waals surface area contributed by atoms with E-state index >= 15 is 0 Å². The lowest BCUT2D eigenvalue weighted by Gasteiger charge is -2.24. The van der Waals surface area contributed by atoms with Crippen molar-refractivity contribution in [3.05, 3.63) is 59.7 Å². The van der Waals surface area contributed by atoms with Crippen LogP contribution in [0.4, 0.5) is 4.79 Å². The molecule has 180 valence electrons. The van der Waals surface area contributed by atoms with Crippen molar-refractivity contribution in [2.45, 2.75) is 31.2 Å². The summed E-state index contributed by atoms with van der Waals surface area (Å²) in [7, 11) is 1.62. The number of nitrogens with zero attached hydrogens (tertiary/aromatic N) is 1. The van der Waals surface area contributed by atoms with E-state index in [1.54, 1.807) is 12.0 Å². The molecule has 2 aromatic carbocycles. The van der Waals surface area contributed by atoms with Gasteiger partial charge in [0.25, 0.3) is 0 Å². The molecule has 2 aliphatic rings. The largest absolute Gasteiger partial charge is 0.481 e. The molecule has 0 radical (unpaired) electrons. The monoisotopic (exact) mass is 466 g/mol. The maximum absolute atomic E-state index is 13.1. The van der Waals surface area contributed by atoms with Crippen molar-refractivity contribution in [1.82, 2.24) is 10.2 Å². The third-order valence-corrected chi connectivity index (χ3v) is 6.58. The number of amides is 2. The SMILES string of the molecule is COCC1CCN(C(=O)C(CCC(=O)O)NC(=O)OCC2c3ccccc3-c3ccccc32)C1. The number of rotatable bonds is 9. The zero-order chi connectivity index (χ0) is 24.1. The van der Waals surface area contributed by atoms with E-state index in [0.29, 0.717) is 19.7 Å². The lowest BCUT2D eigenvalue weighted by Crippen LogP contribution is -2.48. The number of carbonyl (C=O) groups excluding carboxylic acids is 2. The number of methoxy groups -OCH3 is 1. The number of hydrogen-bond donors (Lipinski definition) is 2. The van der Waals surface area contributed by atoms with Gasteiger partial charge in [-0.1, -0.05) is 48.5 Å². The van der Waals surface area contributed by atoms with Crippen LogP contribution in [0.2, 0.25) is 0 Å². The molecule has 0 spiro atoms. The summed E-state index contributed by atoms with van der Waals surface area (Å²) in [5, 5.41) is 11.7. The Kier molecular flexibility index (Phi) is 7.47. The fourth-order valence-corrected chi connectivity index (χ4v) is 4.93. The zero-order valence-electron chi connectivity index (χ0n) is 19.2. The Morgan fingerprint density at radius 1 is 1.06 bits per heavy atom. The molecule has 0 saturated carbocycles. The smallest absolute Gasteiger partial charge is 0.407 e. The Morgan fingerprint density at radius 2 is 1.71 bits per heavy atom. The number of ether oxygens (including phenoxy) is 2. The molecule has 1 saturated heterocycles. The zero-order valence-corrected chi connectivity index (χ0v) is 19.2. The normalized spacial score (nSPS) is 17.7. The Labute approximate surface area is 198 Å². The standard InChI is InChI=1S/C26H30N2O6/c1-33-15-17-12-13-28(14-17)25(31)23(10-11-24(29)30)27-26(32)34-16-22-20-8-4-2-6-18(20)19-7-3-5-9-21(19)22/h2-9,17,22-23H,10-16H2,1H3,(H,27,32)(H,29,30). The van der Waals surface area contributed by atoms with Crippen LogP contribution in [0.5, 0.6) is 0 Å². The van der Waals surface area contributed by atoms with Crippen LogP contribution < -0.4 is 5.32 Å². The van der Waals surface area contributed by atoms with Crippen molar-refractivity contribution in [2.24, 2.45) is 5.92 Å². The van der Waals surface area contributed by atoms with Crippen LogP contribution in [-0.4, -0.2) is 67.4 Å². The fraction of sp³-hybridized carbons (Fsp3) is 0.423. The van der Waals surface area contributed by atoms with Gasteiger partial charge in [-0.15, -0.1) is 0 Å². The molecule has 1 heterocycles. The van der Waals surface area contributed by atoms with Gasteiger partial charge in [0.2, 0.25) is 5.91 Å². The molecule has 1 aliphatic carbocycles. The summed E-state index contributed by atoms with van der Waals surface area (Å²) < 4.78 is 10.7. The predicted octanol–water partition coefficient (Wildman–Crippen LogP) is 3.25. The molecule has 8 nitrogen and oxygen atoms in total. The minimum absolute atomic E-state index is 0.00378. The predicted molar refractivity (Wildman–Crippen MR) is 125 cm³/mol. The number of nitrogens with one attached hydrogen (secondary N) is 1. The fourth-order valence-electron chi connectivity index (χ4n) is 4.93. The van der Waals surface area contributed by atoms with Gasteiger partial charge in [0.1, 0.15) is 12.6 Å². The summed E-state index contributed by atoms with van der Waals surface area (Å²) in [5.74, 6) is -1.16. The summed E-state index contributed by atoms with van der Waals surface area (Å²) in [6.45, 7) is 1.77. The van der Waals surface area contributed by atoms with Gasteiger partial charge in [-0.25, -0.2) is 4.79 Å². The molecular formula is C26H30N2O6. The molecule has 1 aliphatic heterocycles. The number of aliphatic carboxylic acids is 1. The molecule has 2 unspecified atom stereocenters.